The highest BCUT2D eigenvalue weighted by molar-refractivity contribution is 14.1. The lowest BCUT2D eigenvalue weighted by molar-refractivity contribution is -0.141. The monoisotopic (exact) mass is 302 g/mol. The molecule has 0 N–H and O–H groups in total. The van der Waals surface area contributed by atoms with E-state index in [1.165, 1.54) is 2.90 Å². The number of hydrogen-bond acceptors (Lipinski definition) is 1. The third-order valence-electron chi connectivity index (χ3n) is 1.98. The molecule has 1 aliphatic carbocycles. The van der Waals surface area contributed by atoms with Crippen molar-refractivity contribution in [3.05, 3.63) is 17.5 Å². The smallest absolute Gasteiger partial charge is 0.208 e. The van der Waals surface area contributed by atoms with Crippen molar-refractivity contribution in [3.63, 3.8) is 0 Å². The molecule has 1 fully saturated rings. The molecule has 1 aliphatic rings. The molecule has 6 heteroatoms. The third-order valence-corrected chi connectivity index (χ3v) is 2.75. The molecule has 0 radical (unpaired) electrons. The summed E-state index contributed by atoms with van der Waals surface area (Å²) in [6.07, 6.45) is -2.36. The van der Waals surface area contributed by atoms with Crippen LogP contribution in [0.15, 0.2) is 6.07 Å². The Labute approximate surface area is 86.6 Å². The van der Waals surface area contributed by atoms with Gasteiger partial charge in [-0.25, -0.2) is 2.90 Å². The summed E-state index contributed by atoms with van der Waals surface area (Å²) in [5.74, 6) is 0.292. The van der Waals surface area contributed by atoms with E-state index in [4.69, 9.17) is 0 Å². The number of halogens is 4. The maximum absolute atomic E-state index is 12.2. The minimum Gasteiger partial charge on any atom is -0.208 e. The number of hydrogen-bond donors (Lipinski definition) is 0. The molecule has 72 valence electrons. The van der Waals surface area contributed by atoms with Gasteiger partial charge in [0.05, 0.1) is 28.6 Å². The minimum absolute atomic E-state index is 0.292. The van der Waals surface area contributed by atoms with Crippen molar-refractivity contribution in [2.75, 3.05) is 0 Å². The summed E-state index contributed by atoms with van der Waals surface area (Å²) in [5.41, 5.74) is -0.100. The zero-order valence-corrected chi connectivity index (χ0v) is 8.63. The summed E-state index contributed by atoms with van der Waals surface area (Å²) in [4.78, 5) is 0. The van der Waals surface area contributed by atoms with E-state index in [1.54, 1.807) is 22.9 Å². The van der Waals surface area contributed by atoms with E-state index in [0.29, 0.717) is 11.6 Å². The Morgan fingerprint density at radius 2 is 2.08 bits per heavy atom. The van der Waals surface area contributed by atoms with Crippen LogP contribution in [0.2, 0.25) is 0 Å². The highest BCUT2D eigenvalue weighted by atomic mass is 127. The van der Waals surface area contributed by atoms with E-state index in [-0.39, 0.29) is 0 Å². The van der Waals surface area contributed by atoms with Crippen molar-refractivity contribution in [1.82, 2.24) is 7.99 Å². The number of rotatable bonds is 1. The van der Waals surface area contributed by atoms with Crippen LogP contribution in [-0.4, -0.2) is 7.99 Å². The zero-order chi connectivity index (χ0) is 9.64. The fourth-order valence-corrected chi connectivity index (χ4v) is 1.93. The van der Waals surface area contributed by atoms with Gasteiger partial charge in [0.2, 0.25) is 0 Å². The highest BCUT2D eigenvalue weighted by Gasteiger charge is 2.37. The predicted octanol–water partition coefficient (Wildman–Crippen LogP) is 2.98. The first-order valence-corrected chi connectivity index (χ1v) is 4.78. The molecule has 0 atom stereocenters. The SMILES string of the molecule is FC(F)(F)c1cc(C2CC2)n(I)n1. The second-order valence-corrected chi connectivity index (χ2v) is 4.00. The molecule has 0 amide bonds. The molecule has 1 aromatic rings. The maximum Gasteiger partial charge on any atom is 0.435 e. The lowest BCUT2D eigenvalue weighted by atomic mass is 10.3. The van der Waals surface area contributed by atoms with E-state index in [9.17, 15) is 13.2 Å². The molecule has 0 spiro atoms. The summed E-state index contributed by atoms with van der Waals surface area (Å²) in [7, 11) is 0. The fourth-order valence-electron chi connectivity index (χ4n) is 1.16. The van der Waals surface area contributed by atoms with Crippen molar-refractivity contribution in [2.45, 2.75) is 24.9 Å². The van der Waals surface area contributed by atoms with Crippen molar-refractivity contribution in [3.8, 4) is 0 Å². The second kappa shape index (κ2) is 2.86. The first kappa shape index (κ1) is 9.29. The number of alkyl halides is 3. The van der Waals surface area contributed by atoms with Crippen LogP contribution < -0.4 is 0 Å². The largest absolute Gasteiger partial charge is 0.435 e. The molecule has 1 heterocycles. The summed E-state index contributed by atoms with van der Waals surface area (Å²) in [5, 5.41) is 3.42. The van der Waals surface area contributed by atoms with Crippen molar-refractivity contribution in [2.24, 2.45) is 0 Å². The van der Waals surface area contributed by atoms with E-state index in [0.717, 1.165) is 18.9 Å². The summed E-state index contributed by atoms with van der Waals surface area (Å²) in [6.45, 7) is 0. The Morgan fingerprint density at radius 3 is 2.46 bits per heavy atom. The van der Waals surface area contributed by atoms with Gasteiger partial charge in [-0.3, -0.25) is 0 Å². The van der Waals surface area contributed by atoms with Gasteiger partial charge in [-0.1, -0.05) is 0 Å². The summed E-state index contributed by atoms with van der Waals surface area (Å²) >= 11 is 1.78. The van der Waals surface area contributed by atoms with Gasteiger partial charge < -0.3 is 0 Å². The predicted molar refractivity (Wildman–Crippen MR) is 48.6 cm³/mol. The van der Waals surface area contributed by atoms with Gasteiger partial charge in [0.1, 0.15) is 0 Å². The lowest BCUT2D eigenvalue weighted by Crippen LogP contribution is -2.05. The minimum atomic E-state index is -4.32. The second-order valence-electron chi connectivity index (χ2n) is 3.09. The third kappa shape index (κ3) is 1.82. The Bertz CT molecular complexity index is 327. The Hall–Kier alpha value is -0.270. The quantitative estimate of drug-likeness (QED) is 0.729. The fraction of sp³-hybridized carbons (Fsp3) is 0.571. The number of nitrogens with zero attached hydrogens (tertiary/aromatic N) is 2. The van der Waals surface area contributed by atoms with Gasteiger partial charge in [-0.15, -0.1) is 0 Å². The normalized spacial score (nSPS) is 17.8. The Balaban J connectivity index is 2.34. The van der Waals surface area contributed by atoms with Crippen molar-refractivity contribution >= 4 is 22.9 Å². The van der Waals surface area contributed by atoms with Crippen LogP contribution in [0.4, 0.5) is 13.2 Å². The standard InChI is InChI=1S/C7H6F3IN2/c8-7(9,10)6-3-5(4-1-2-4)13(11)12-6/h3-4H,1-2H2. The molecule has 0 unspecified atom stereocenters. The first-order valence-electron chi connectivity index (χ1n) is 3.82. The van der Waals surface area contributed by atoms with Crippen molar-refractivity contribution in [1.29, 1.82) is 0 Å². The van der Waals surface area contributed by atoms with Crippen LogP contribution >= 0.6 is 22.9 Å². The average Bonchev–Trinajstić information content (AvgIpc) is 2.73. The molecule has 1 saturated carbocycles. The lowest BCUT2D eigenvalue weighted by Gasteiger charge is -1.98. The molecule has 0 saturated heterocycles. The van der Waals surface area contributed by atoms with Crippen LogP contribution in [0.1, 0.15) is 30.1 Å². The number of aromatic nitrogens is 2. The van der Waals surface area contributed by atoms with E-state index in [2.05, 4.69) is 5.10 Å². The maximum atomic E-state index is 12.2. The van der Waals surface area contributed by atoms with Crippen LogP contribution in [0.3, 0.4) is 0 Å². The van der Waals surface area contributed by atoms with Crippen LogP contribution in [0, 0.1) is 0 Å². The van der Waals surface area contributed by atoms with Gasteiger partial charge in [0.25, 0.3) is 0 Å². The van der Waals surface area contributed by atoms with Crippen molar-refractivity contribution < 1.29 is 13.2 Å². The van der Waals surface area contributed by atoms with E-state index >= 15 is 0 Å². The van der Waals surface area contributed by atoms with E-state index in [1.807, 2.05) is 0 Å². The molecule has 1 aromatic heterocycles. The molecule has 2 nitrogen and oxygen atoms in total. The van der Waals surface area contributed by atoms with Crippen LogP contribution in [0.25, 0.3) is 0 Å². The first-order chi connectivity index (χ1) is 5.98. The average molecular weight is 302 g/mol. The van der Waals surface area contributed by atoms with Gasteiger partial charge in [0.15, 0.2) is 5.69 Å². The van der Waals surface area contributed by atoms with Gasteiger partial charge in [-0.2, -0.15) is 18.3 Å². The Kier molecular flexibility index (Phi) is 2.04. The Morgan fingerprint density at radius 1 is 1.46 bits per heavy atom. The van der Waals surface area contributed by atoms with Gasteiger partial charge in [-0.05, 0) is 18.9 Å². The molecule has 0 aliphatic heterocycles. The molecule has 2 rings (SSSR count). The topological polar surface area (TPSA) is 17.8 Å². The molecule has 0 bridgehead atoms. The molecular formula is C7H6F3IN2. The zero-order valence-electron chi connectivity index (χ0n) is 6.48. The van der Waals surface area contributed by atoms with E-state index < -0.39 is 11.9 Å². The molecule has 13 heavy (non-hydrogen) atoms. The van der Waals surface area contributed by atoms with Crippen LogP contribution in [-0.2, 0) is 6.18 Å². The molecular weight excluding hydrogens is 296 g/mol. The van der Waals surface area contributed by atoms with Crippen LogP contribution in [0.5, 0.6) is 0 Å². The molecule has 0 aromatic carbocycles. The summed E-state index contributed by atoms with van der Waals surface area (Å²) < 4.78 is 37.9. The summed E-state index contributed by atoms with van der Waals surface area (Å²) in [6, 6.07) is 1.14. The van der Waals surface area contributed by atoms with Gasteiger partial charge in [0, 0.05) is 5.92 Å². The highest BCUT2D eigenvalue weighted by Crippen LogP contribution is 2.42. The van der Waals surface area contributed by atoms with Gasteiger partial charge >= 0.3 is 6.18 Å².